The number of rotatable bonds is 2. The average molecular weight is 322 g/mol. The first kappa shape index (κ1) is 13.7. The van der Waals surface area contributed by atoms with Crippen LogP contribution < -0.4 is 5.32 Å². The lowest BCUT2D eigenvalue weighted by Gasteiger charge is -2.09. The van der Waals surface area contributed by atoms with Crippen molar-refractivity contribution < 1.29 is 9.18 Å². The number of benzene rings is 2. The normalized spacial score (nSPS) is 10.3. The van der Waals surface area contributed by atoms with Gasteiger partial charge in [0.15, 0.2) is 0 Å². The van der Waals surface area contributed by atoms with Gasteiger partial charge in [0.25, 0.3) is 5.91 Å². The molecule has 1 amide bonds. The molecule has 0 heterocycles. The number of hydrogen-bond donors (Lipinski definition) is 1. The minimum absolute atomic E-state index is 0.0146. The highest BCUT2D eigenvalue weighted by atomic mass is 79.9. The monoisotopic (exact) mass is 321 g/mol. The maximum Gasteiger partial charge on any atom is 0.259 e. The third-order valence-electron chi connectivity index (χ3n) is 2.95. The van der Waals surface area contributed by atoms with E-state index in [2.05, 4.69) is 21.2 Å². The van der Waals surface area contributed by atoms with E-state index in [4.69, 9.17) is 0 Å². The summed E-state index contributed by atoms with van der Waals surface area (Å²) in [5.74, 6) is -1.01. The van der Waals surface area contributed by atoms with E-state index in [0.717, 1.165) is 11.1 Å². The van der Waals surface area contributed by atoms with Gasteiger partial charge in [0, 0.05) is 10.2 Å². The van der Waals surface area contributed by atoms with E-state index in [0.29, 0.717) is 10.2 Å². The third-order valence-corrected chi connectivity index (χ3v) is 3.62. The van der Waals surface area contributed by atoms with Crippen LogP contribution in [-0.2, 0) is 0 Å². The number of halogens is 2. The zero-order chi connectivity index (χ0) is 14.0. The zero-order valence-corrected chi connectivity index (χ0v) is 12.2. The number of carbonyl (C=O) groups is 1. The first-order chi connectivity index (χ1) is 8.99. The van der Waals surface area contributed by atoms with Crippen molar-refractivity contribution in [2.75, 3.05) is 5.32 Å². The standard InChI is InChI=1S/C15H13BrFNO/c1-9-6-7-11(8-10(9)2)18-15(19)14-12(16)4-3-5-13(14)17/h3-8H,1-2H3,(H,18,19). The highest BCUT2D eigenvalue weighted by Gasteiger charge is 2.15. The van der Waals surface area contributed by atoms with Crippen molar-refractivity contribution in [1.29, 1.82) is 0 Å². The Balaban J connectivity index is 2.28. The van der Waals surface area contributed by atoms with Gasteiger partial charge in [-0.3, -0.25) is 4.79 Å². The van der Waals surface area contributed by atoms with Crippen LogP contribution in [0.15, 0.2) is 40.9 Å². The van der Waals surface area contributed by atoms with E-state index in [1.54, 1.807) is 18.2 Å². The fraction of sp³-hybridized carbons (Fsp3) is 0.133. The van der Waals surface area contributed by atoms with Crippen molar-refractivity contribution in [3.63, 3.8) is 0 Å². The molecule has 0 atom stereocenters. The summed E-state index contributed by atoms with van der Waals surface area (Å²) < 4.78 is 14.1. The molecular weight excluding hydrogens is 309 g/mol. The summed E-state index contributed by atoms with van der Waals surface area (Å²) >= 11 is 3.19. The SMILES string of the molecule is Cc1ccc(NC(=O)c2c(F)cccc2Br)cc1C. The van der Waals surface area contributed by atoms with Gasteiger partial charge in [-0.05, 0) is 65.2 Å². The molecule has 0 saturated carbocycles. The fourth-order valence-electron chi connectivity index (χ4n) is 1.73. The molecule has 0 aromatic heterocycles. The first-order valence-corrected chi connectivity index (χ1v) is 6.61. The quantitative estimate of drug-likeness (QED) is 0.869. The molecule has 4 heteroatoms. The van der Waals surface area contributed by atoms with E-state index in [1.165, 1.54) is 6.07 Å². The Morgan fingerprint density at radius 2 is 1.89 bits per heavy atom. The number of anilines is 1. The Hall–Kier alpha value is -1.68. The minimum atomic E-state index is -0.546. The zero-order valence-electron chi connectivity index (χ0n) is 10.6. The van der Waals surface area contributed by atoms with E-state index >= 15 is 0 Å². The van der Waals surface area contributed by atoms with Crippen molar-refractivity contribution in [2.24, 2.45) is 0 Å². The van der Waals surface area contributed by atoms with Gasteiger partial charge < -0.3 is 5.32 Å². The van der Waals surface area contributed by atoms with Gasteiger partial charge in [0.2, 0.25) is 0 Å². The summed E-state index contributed by atoms with van der Waals surface area (Å²) in [6.45, 7) is 3.96. The molecule has 98 valence electrons. The maximum absolute atomic E-state index is 13.7. The van der Waals surface area contributed by atoms with Crippen LogP contribution in [0.5, 0.6) is 0 Å². The van der Waals surface area contributed by atoms with Crippen LogP contribution in [0, 0.1) is 19.7 Å². The molecule has 2 nitrogen and oxygen atoms in total. The molecule has 0 aliphatic heterocycles. The summed E-state index contributed by atoms with van der Waals surface area (Å²) in [6, 6.07) is 10.0. The second kappa shape index (κ2) is 5.53. The number of aryl methyl sites for hydroxylation is 2. The number of amides is 1. The molecule has 0 fully saturated rings. The number of hydrogen-bond acceptors (Lipinski definition) is 1. The van der Waals surface area contributed by atoms with Crippen LogP contribution in [-0.4, -0.2) is 5.91 Å². The lowest BCUT2D eigenvalue weighted by molar-refractivity contribution is 0.102. The summed E-state index contributed by atoms with van der Waals surface area (Å²) in [6.07, 6.45) is 0. The third kappa shape index (κ3) is 3.01. The fourth-order valence-corrected chi connectivity index (χ4v) is 2.25. The first-order valence-electron chi connectivity index (χ1n) is 5.81. The average Bonchev–Trinajstić information content (AvgIpc) is 2.33. The topological polar surface area (TPSA) is 29.1 Å². The van der Waals surface area contributed by atoms with Gasteiger partial charge in [-0.2, -0.15) is 0 Å². The molecule has 0 bridgehead atoms. The van der Waals surface area contributed by atoms with E-state index in [9.17, 15) is 9.18 Å². The number of carbonyl (C=O) groups excluding carboxylic acids is 1. The highest BCUT2D eigenvalue weighted by molar-refractivity contribution is 9.10. The van der Waals surface area contributed by atoms with Crippen LogP contribution in [0.4, 0.5) is 10.1 Å². The van der Waals surface area contributed by atoms with Crippen LogP contribution >= 0.6 is 15.9 Å². The molecule has 2 rings (SSSR count). The minimum Gasteiger partial charge on any atom is -0.322 e. The molecule has 0 aliphatic carbocycles. The second-order valence-electron chi connectivity index (χ2n) is 4.35. The smallest absolute Gasteiger partial charge is 0.259 e. The Bertz CT molecular complexity index is 620. The highest BCUT2D eigenvalue weighted by Crippen LogP contribution is 2.22. The van der Waals surface area contributed by atoms with Crippen LogP contribution in [0.3, 0.4) is 0 Å². The summed E-state index contributed by atoms with van der Waals surface area (Å²) in [5.41, 5.74) is 2.89. The largest absolute Gasteiger partial charge is 0.322 e. The molecule has 19 heavy (non-hydrogen) atoms. The molecule has 0 saturated heterocycles. The molecule has 1 N–H and O–H groups in total. The molecule has 2 aromatic carbocycles. The molecular formula is C15H13BrFNO. The maximum atomic E-state index is 13.7. The second-order valence-corrected chi connectivity index (χ2v) is 5.20. The van der Waals surface area contributed by atoms with Gasteiger partial charge in [-0.15, -0.1) is 0 Å². The Morgan fingerprint density at radius 3 is 2.53 bits per heavy atom. The molecule has 0 spiro atoms. The Kier molecular flexibility index (Phi) is 4.00. The summed E-state index contributed by atoms with van der Waals surface area (Å²) in [5, 5.41) is 2.70. The van der Waals surface area contributed by atoms with Crippen LogP contribution in [0.2, 0.25) is 0 Å². The summed E-state index contributed by atoms with van der Waals surface area (Å²) in [7, 11) is 0. The molecule has 0 unspecified atom stereocenters. The van der Waals surface area contributed by atoms with Crippen LogP contribution in [0.25, 0.3) is 0 Å². The number of nitrogens with one attached hydrogen (secondary N) is 1. The van der Waals surface area contributed by atoms with E-state index < -0.39 is 11.7 Å². The van der Waals surface area contributed by atoms with Gasteiger partial charge in [0.05, 0.1) is 5.56 Å². The van der Waals surface area contributed by atoms with Crippen molar-refractivity contribution in [2.45, 2.75) is 13.8 Å². The lowest BCUT2D eigenvalue weighted by atomic mass is 10.1. The lowest BCUT2D eigenvalue weighted by Crippen LogP contribution is -2.14. The van der Waals surface area contributed by atoms with Gasteiger partial charge in [-0.25, -0.2) is 4.39 Å². The molecule has 0 radical (unpaired) electrons. The van der Waals surface area contributed by atoms with Gasteiger partial charge in [0.1, 0.15) is 5.82 Å². The predicted octanol–water partition coefficient (Wildman–Crippen LogP) is 4.46. The van der Waals surface area contributed by atoms with Gasteiger partial charge >= 0.3 is 0 Å². The molecule has 0 aliphatic rings. The van der Waals surface area contributed by atoms with E-state index in [-0.39, 0.29) is 5.56 Å². The Morgan fingerprint density at radius 1 is 1.16 bits per heavy atom. The van der Waals surface area contributed by atoms with Crippen molar-refractivity contribution in [3.05, 3.63) is 63.4 Å². The predicted molar refractivity (Wildman–Crippen MR) is 78.0 cm³/mol. The molecule has 2 aromatic rings. The van der Waals surface area contributed by atoms with Crippen molar-refractivity contribution in [3.8, 4) is 0 Å². The van der Waals surface area contributed by atoms with Gasteiger partial charge in [-0.1, -0.05) is 12.1 Å². The van der Waals surface area contributed by atoms with Crippen LogP contribution in [0.1, 0.15) is 21.5 Å². The van der Waals surface area contributed by atoms with Crippen molar-refractivity contribution >= 4 is 27.5 Å². The summed E-state index contributed by atoms with van der Waals surface area (Å²) in [4.78, 5) is 12.1. The van der Waals surface area contributed by atoms with E-state index in [1.807, 2.05) is 26.0 Å². The Labute approximate surface area is 119 Å². The van der Waals surface area contributed by atoms with Crippen molar-refractivity contribution in [1.82, 2.24) is 0 Å².